The Kier molecular flexibility index (Phi) is 14.4. The standard InChI is InChI=1S/C20H30O5/c1-2-17(21)11-8-5-9-14-18(22)12-6-3-4-7-13-19(23)15-10-16-20(24)25/h3-9,11-13,17-19,21-23H,2,10,14-16H2,1H3,(H,24,25)/b4-3+,9-5-,11-8+,12-6+,13-7-/t17-,18-,19+/m0/s1. The van der Waals surface area contributed by atoms with Gasteiger partial charge in [0.25, 0.3) is 0 Å². The maximum atomic E-state index is 10.3. The highest BCUT2D eigenvalue weighted by atomic mass is 16.4. The molecule has 0 aliphatic carbocycles. The summed E-state index contributed by atoms with van der Waals surface area (Å²) < 4.78 is 0. The SMILES string of the molecule is CC[C@H](O)/C=C/C=C\C[C@@H](O)/C=C/C=C/C=C\[C@@H](O)CCCC(=O)O. The fraction of sp³-hybridized carbons (Fsp3) is 0.450. The van der Waals surface area contributed by atoms with E-state index in [9.17, 15) is 20.1 Å². The zero-order chi connectivity index (χ0) is 18.9. The molecule has 0 saturated heterocycles. The number of aliphatic hydroxyl groups is 3. The van der Waals surface area contributed by atoms with Gasteiger partial charge in [0.05, 0.1) is 18.3 Å². The molecule has 0 radical (unpaired) electrons. The lowest BCUT2D eigenvalue weighted by molar-refractivity contribution is -0.137. The molecule has 0 fully saturated rings. The smallest absolute Gasteiger partial charge is 0.303 e. The summed E-state index contributed by atoms with van der Waals surface area (Å²) in [6.45, 7) is 1.90. The first-order valence-corrected chi connectivity index (χ1v) is 8.56. The minimum Gasteiger partial charge on any atom is -0.481 e. The summed E-state index contributed by atoms with van der Waals surface area (Å²) in [4.78, 5) is 10.3. The molecule has 0 amide bonds. The quantitative estimate of drug-likeness (QED) is 0.383. The summed E-state index contributed by atoms with van der Waals surface area (Å²) >= 11 is 0. The number of hydrogen-bond donors (Lipinski definition) is 4. The molecule has 0 unspecified atom stereocenters. The second-order valence-electron chi connectivity index (χ2n) is 5.60. The third kappa shape index (κ3) is 16.7. The largest absolute Gasteiger partial charge is 0.481 e. The van der Waals surface area contributed by atoms with Crippen LogP contribution in [-0.2, 0) is 4.79 Å². The molecule has 0 rings (SSSR count). The Labute approximate surface area is 150 Å². The number of rotatable bonds is 13. The van der Waals surface area contributed by atoms with Crippen LogP contribution in [-0.4, -0.2) is 44.7 Å². The van der Waals surface area contributed by atoms with Crippen LogP contribution in [0.25, 0.3) is 0 Å². The molecule has 0 saturated carbocycles. The average molecular weight is 350 g/mol. The second kappa shape index (κ2) is 15.6. The third-order valence-electron chi connectivity index (χ3n) is 3.27. The maximum absolute atomic E-state index is 10.3. The van der Waals surface area contributed by atoms with Crippen molar-refractivity contribution in [2.45, 2.75) is 57.3 Å². The van der Waals surface area contributed by atoms with Crippen molar-refractivity contribution in [3.05, 3.63) is 60.8 Å². The van der Waals surface area contributed by atoms with Crippen molar-refractivity contribution in [2.75, 3.05) is 0 Å². The third-order valence-corrected chi connectivity index (χ3v) is 3.27. The molecule has 0 aromatic rings. The minimum atomic E-state index is -0.857. The lowest BCUT2D eigenvalue weighted by atomic mass is 10.1. The van der Waals surface area contributed by atoms with Crippen LogP contribution >= 0.6 is 0 Å². The number of aliphatic carboxylic acids is 1. The van der Waals surface area contributed by atoms with Crippen LogP contribution in [0.5, 0.6) is 0 Å². The average Bonchev–Trinajstić information content (AvgIpc) is 2.57. The van der Waals surface area contributed by atoms with E-state index < -0.39 is 24.3 Å². The van der Waals surface area contributed by atoms with Gasteiger partial charge in [0, 0.05) is 6.42 Å². The monoisotopic (exact) mass is 350 g/mol. The van der Waals surface area contributed by atoms with Crippen molar-refractivity contribution in [1.29, 1.82) is 0 Å². The number of allylic oxidation sites excluding steroid dienone is 6. The summed E-state index contributed by atoms with van der Waals surface area (Å²) in [5.74, 6) is -0.857. The lowest BCUT2D eigenvalue weighted by Gasteiger charge is -2.02. The molecule has 0 heterocycles. The molecule has 0 aliphatic heterocycles. The van der Waals surface area contributed by atoms with E-state index >= 15 is 0 Å². The van der Waals surface area contributed by atoms with E-state index in [0.29, 0.717) is 25.7 Å². The molecule has 0 bridgehead atoms. The predicted molar refractivity (Wildman–Crippen MR) is 100 cm³/mol. The van der Waals surface area contributed by atoms with Crippen LogP contribution in [0.1, 0.15) is 39.0 Å². The van der Waals surface area contributed by atoms with Crippen molar-refractivity contribution >= 4 is 5.97 Å². The molecule has 140 valence electrons. The first-order valence-electron chi connectivity index (χ1n) is 8.56. The summed E-state index contributed by atoms with van der Waals surface area (Å²) in [5, 5.41) is 37.2. The molecule has 25 heavy (non-hydrogen) atoms. The molecule has 0 aromatic heterocycles. The highest BCUT2D eigenvalue weighted by Crippen LogP contribution is 2.02. The van der Waals surface area contributed by atoms with E-state index in [4.69, 9.17) is 5.11 Å². The van der Waals surface area contributed by atoms with Gasteiger partial charge in [-0.3, -0.25) is 4.79 Å². The zero-order valence-corrected chi connectivity index (χ0v) is 14.7. The topological polar surface area (TPSA) is 98.0 Å². The van der Waals surface area contributed by atoms with Gasteiger partial charge in [0.15, 0.2) is 0 Å². The minimum absolute atomic E-state index is 0.0603. The van der Waals surface area contributed by atoms with Crippen LogP contribution in [0.15, 0.2) is 60.8 Å². The van der Waals surface area contributed by atoms with Crippen LogP contribution in [0.3, 0.4) is 0 Å². The van der Waals surface area contributed by atoms with E-state index in [1.165, 1.54) is 0 Å². The second-order valence-corrected chi connectivity index (χ2v) is 5.60. The number of carbonyl (C=O) groups is 1. The van der Waals surface area contributed by atoms with Crippen molar-refractivity contribution in [1.82, 2.24) is 0 Å². The van der Waals surface area contributed by atoms with E-state index in [-0.39, 0.29) is 6.42 Å². The number of aliphatic hydroxyl groups excluding tert-OH is 3. The number of carboxylic acid groups (broad SMARTS) is 1. The molecule has 0 aliphatic rings. The van der Waals surface area contributed by atoms with Crippen molar-refractivity contribution in [3.63, 3.8) is 0 Å². The molecule has 3 atom stereocenters. The van der Waals surface area contributed by atoms with Gasteiger partial charge in [-0.25, -0.2) is 0 Å². The maximum Gasteiger partial charge on any atom is 0.303 e. The first-order chi connectivity index (χ1) is 12.0. The Morgan fingerprint density at radius 2 is 1.40 bits per heavy atom. The Morgan fingerprint density at radius 3 is 2.00 bits per heavy atom. The number of hydrogen-bond acceptors (Lipinski definition) is 4. The summed E-state index contributed by atoms with van der Waals surface area (Å²) in [6.07, 6.45) is 17.6. The van der Waals surface area contributed by atoms with Crippen LogP contribution < -0.4 is 0 Å². The molecule has 0 spiro atoms. The van der Waals surface area contributed by atoms with Gasteiger partial charge in [0.2, 0.25) is 0 Å². The molecule has 4 N–H and O–H groups in total. The number of carboxylic acids is 1. The molecule has 0 aromatic carbocycles. The lowest BCUT2D eigenvalue weighted by Crippen LogP contribution is -2.03. The fourth-order valence-corrected chi connectivity index (χ4v) is 1.78. The molecular formula is C20H30O5. The van der Waals surface area contributed by atoms with Crippen molar-refractivity contribution in [2.24, 2.45) is 0 Å². The normalized spacial score (nSPS) is 16.6. The van der Waals surface area contributed by atoms with E-state index in [0.717, 1.165) is 0 Å². The summed E-state index contributed by atoms with van der Waals surface area (Å²) in [6, 6.07) is 0. The predicted octanol–water partition coefficient (Wildman–Crippen LogP) is 2.91. The first kappa shape index (κ1) is 23.1. The van der Waals surface area contributed by atoms with Gasteiger partial charge in [-0.1, -0.05) is 67.7 Å². The highest BCUT2D eigenvalue weighted by molar-refractivity contribution is 5.66. The Morgan fingerprint density at radius 1 is 0.840 bits per heavy atom. The van der Waals surface area contributed by atoms with Crippen LogP contribution in [0.4, 0.5) is 0 Å². The molecular weight excluding hydrogens is 320 g/mol. The van der Waals surface area contributed by atoms with Crippen molar-refractivity contribution < 1.29 is 25.2 Å². The van der Waals surface area contributed by atoms with E-state index in [2.05, 4.69) is 0 Å². The zero-order valence-electron chi connectivity index (χ0n) is 14.7. The summed E-state index contributed by atoms with van der Waals surface area (Å²) in [7, 11) is 0. The van der Waals surface area contributed by atoms with Crippen LogP contribution in [0.2, 0.25) is 0 Å². The van der Waals surface area contributed by atoms with E-state index in [1.54, 1.807) is 54.7 Å². The Bertz CT molecular complexity index is 488. The Hall–Kier alpha value is -1.95. The van der Waals surface area contributed by atoms with Gasteiger partial charge in [0.1, 0.15) is 0 Å². The molecule has 5 heteroatoms. The van der Waals surface area contributed by atoms with Gasteiger partial charge in [-0.05, 0) is 25.7 Å². The molecule has 5 nitrogen and oxygen atoms in total. The van der Waals surface area contributed by atoms with Crippen molar-refractivity contribution in [3.8, 4) is 0 Å². The highest BCUT2D eigenvalue weighted by Gasteiger charge is 2.01. The summed E-state index contributed by atoms with van der Waals surface area (Å²) in [5.41, 5.74) is 0. The van der Waals surface area contributed by atoms with E-state index in [1.807, 2.05) is 13.0 Å². The fourth-order valence-electron chi connectivity index (χ4n) is 1.78. The van der Waals surface area contributed by atoms with Gasteiger partial charge in [-0.2, -0.15) is 0 Å². The van der Waals surface area contributed by atoms with Gasteiger partial charge in [-0.15, -0.1) is 0 Å². The Balaban J connectivity index is 3.95. The van der Waals surface area contributed by atoms with Gasteiger partial charge >= 0.3 is 5.97 Å². The van der Waals surface area contributed by atoms with Gasteiger partial charge < -0.3 is 20.4 Å². The van der Waals surface area contributed by atoms with Crippen LogP contribution in [0, 0.1) is 0 Å².